The van der Waals surface area contributed by atoms with Crippen LogP contribution in [0.15, 0.2) is 30.3 Å². The second kappa shape index (κ2) is 6.03. The van der Waals surface area contributed by atoms with E-state index in [0.717, 1.165) is 6.42 Å². The molecule has 0 N–H and O–H groups in total. The Balaban J connectivity index is 2.13. The lowest BCUT2D eigenvalue weighted by molar-refractivity contribution is 0.604. The van der Waals surface area contributed by atoms with Gasteiger partial charge in [0, 0.05) is 9.75 Å². The second-order valence-electron chi connectivity index (χ2n) is 6.54. The topological polar surface area (TPSA) is 0 Å². The molecule has 1 atom stereocenters. The van der Waals surface area contributed by atoms with Crippen molar-refractivity contribution in [3.8, 4) is 0 Å². The van der Waals surface area contributed by atoms with Crippen LogP contribution in [0.5, 0.6) is 0 Å². The van der Waals surface area contributed by atoms with E-state index in [0.29, 0.717) is 4.83 Å². The predicted octanol–water partition coefficient (Wildman–Crippen LogP) is 6.34. The van der Waals surface area contributed by atoms with Gasteiger partial charge in [0.05, 0.1) is 4.83 Å². The van der Waals surface area contributed by atoms with E-state index in [1.807, 2.05) is 11.3 Å². The molecule has 108 valence electrons. The van der Waals surface area contributed by atoms with E-state index in [1.54, 1.807) is 0 Å². The van der Waals surface area contributed by atoms with Crippen LogP contribution in [0.2, 0.25) is 0 Å². The van der Waals surface area contributed by atoms with Crippen LogP contribution in [0.4, 0.5) is 0 Å². The van der Waals surface area contributed by atoms with E-state index in [-0.39, 0.29) is 5.41 Å². The number of aryl methyl sites for hydroxylation is 2. The van der Waals surface area contributed by atoms with Gasteiger partial charge in [-0.3, -0.25) is 0 Å². The summed E-state index contributed by atoms with van der Waals surface area (Å²) in [6, 6.07) is 11.3. The van der Waals surface area contributed by atoms with Gasteiger partial charge in [0.25, 0.3) is 0 Å². The van der Waals surface area contributed by atoms with Gasteiger partial charge in [0.2, 0.25) is 0 Å². The number of hydrogen-bond acceptors (Lipinski definition) is 1. The first-order valence-corrected chi connectivity index (χ1v) is 8.81. The molecule has 1 heterocycles. The summed E-state index contributed by atoms with van der Waals surface area (Å²) in [5.74, 6) is 0. The summed E-state index contributed by atoms with van der Waals surface area (Å²) in [7, 11) is 0. The van der Waals surface area contributed by atoms with Crippen molar-refractivity contribution in [2.45, 2.75) is 51.3 Å². The fourth-order valence-electron chi connectivity index (χ4n) is 2.16. The number of thiophene rings is 1. The molecular weight excluding hydrogens is 328 g/mol. The molecule has 2 heteroatoms. The van der Waals surface area contributed by atoms with Crippen molar-refractivity contribution in [3.63, 3.8) is 0 Å². The van der Waals surface area contributed by atoms with Crippen LogP contribution in [-0.4, -0.2) is 0 Å². The van der Waals surface area contributed by atoms with Gasteiger partial charge in [0.15, 0.2) is 0 Å². The van der Waals surface area contributed by atoms with Crippen molar-refractivity contribution in [1.29, 1.82) is 0 Å². The number of halogens is 1. The summed E-state index contributed by atoms with van der Waals surface area (Å²) >= 11 is 5.78. The van der Waals surface area contributed by atoms with E-state index >= 15 is 0 Å². The molecule has 0 saturated carbocycles. The molecule has 0 spiro atoms. The minimum atomic E-state index is 0.246. The first-order valence-electron chi connectivity index (χ1n) is 7.08. The SMILES string of the molecule is Cc1ccc(CC(Br)c2ccc(C(C)(C)C)s2)cc1C. The van der Waals surface area contributed by atoms with Gasteiger partial charge in [-0.2, -0.15) is 0 Å². The third-order valence-corrected chi connectivity index (χ3v) is 6.41. The third kappa shape index (κ3) is 3.73. The van der Waals surface area contributed by atoms with Crippen molar-refractivity contribution in [1.82, 2.24) is 0 Å². The molecule has 0 fully saturated rings. The molecule has 0 nitrogen and oxygen atoms in total. The number of benzene rings is 1. The predicted molar refractivity (Wildman–Crippen MR) is 94.3 cm³/mol. The number of hydrogen-bond donors (Lipinski definition) is 0. The maximum absolute atomic E-state index is 3.86. The summed E-state index contributed by atoms with van der Waals surface area (Å²) in [5, 5.41) is 0. The monoisotopic (exact) mass is 350 g/mol. The van der Waals surface area contributed by atoms with Gasteiger partial charge in [-0.25, -0.2) is 0 Å². The number of rotatable bonds is 3. The maximum Gasteiger partial charge on any atom is 0.0529 e. The number of alkyl halides is 1. The molecule has 0 aliphatic carbocycles. The highest BCUT2D eigenvalue weighted by Gasteiger charge is 2.18. The average Bonchev–Trinajstić information content (AvgIpc) is 2.83. The lowest BCUT2D eigenvalue weighted by Gasteiger charge is -2.15. The van der Waals surface area contributed by atoms with Crippen LogP contribution >= 0.6 is 27.3 Å². The van der Waals surface area contributed by atoms with Crippen LogP contribution in [0.1, 0.15) is 52.0 Å². The van der Waals surface area contributed by atoms with Gasteiger partial charge in [-0.05, 0) is 54.5 Å². The lowest BCUT2D eigenvalue weighted by atomic mass is 9.95. The fourth-order valence-corrected chi connectivity index (χ4v) is 4.01. The highest BCUT2D eigenvalue weighted by molar-refractivity contribution is 9.09. The molecule has 0 bridgehead atoms. The molecule has 0 aliphatic heterocycles. The largest absolute Gasteiger partial charge is 0.144 e. The highest BCUT2D eigenvalue weighted by Crippen LogP contribution is 2.37. The molecule has 1 unspecified atom stereocenters. The van der Waals surface area contributed by atoms with Gasteiger partial charge >= 0.3 is 0 Å². The molecule has 2 aromatic rings. The van der Waals surface area contributed by atoms with Crippen molar-refractivity contribution >= 4 is 27.3 Å². The van der Waals surface area contributed by atoms with Crippen molar-refractivity contribution in [2.75, 3.05) is 0 Å². The maximum atomic E-state index is 3.86. The summed E-state index contributed by atoms with van der Waals surface area (Å²) in [5.41, 5.74) is 4.39. The van der Waals surface area contributed by atoms with E-state index in [1.165, 1.54) is 26.4 Å². The smallest absolute Gasteiger partial charge is 0.0529 e. The van der Waals surface area contributed by atoms with Crippen molar-refractivity contribution in [2.24, 2.45) is 0 Å². The Morgan fingerprint density at radius 3 is 2.30 bits per heavy atom. The van der Waals surface area contributed by atoms with E-state index in [2.05, 4.69) is 80.9 Å². The van der Waals surface area contributed by atoms with Crippen LogP contribution < -0.4 is 0 Å². The Morgan fingerprint density at radius 1 is 1.05 bits per heavy atom. The third-order valence-electron chi connectivity index (χ3n) is 3.66. The average molecular weight is 351 g/mol. The highest BCUT2D eigenvalue weighted by atomic mass is 79.9. The fraction of sp³-hybridized carbons (Fsp3) is 0.444. The summed E-state index contributed by atoms with van der Waals surface area (Å²) < 4.78 is 0. The molecule has 2 rings (SSSR count). The van der Waals surface area contributed by atoms with E-state index in [9.17, 15) is 0 Å². The van der Waals surface area contributed by atoms with E-state index < -0.39 is 0 Å². The Bertz CT molecular complexity index is 590. The molecule has 0 amide bonds. The minimum absolute atomic E-state index is 0.246. The summed E-state index contributed by atoms with van der Waals surface area (Å²) in [6.45, 7) is 11.2. The Hall–Kier alpha value is -0.600. The van der Waals surface area contributed by atoms with E-state index in [4.69, 9.17) is 0 Å². The standard InChI is InChI=1S/C18H23BrS/c1-12-6-7-14(10-13(12)2)11-15(19)16-8-9-17(20-16)18(3,4)5/h6-10,15H,11H2,1-5H3. The van der Waals surface area contributed by atoms with Gasteiger partial charge in [-0.1, -0.05) is 54.9 Å². The lowest BCUT2D eigenvalue weighted by Crippen LogP contribution is -2.07. The summed E-state index contributed by atoms with van der Waals surface area (Å²) in [4.78, 5) is 3.29. The quantitative estimate of drug-likeness (QED) is 0.566. The Kier molecular flexibility index (Phi) is 4.76. The van der Waals surface area contributed by atoms with Crippen LogP contribution in [-0.2, 0) is 11.8 Å². The zero-order valence-corrected chi connectivity index (χ0v) is 15.4. The normalized spacial score (nSPS) is 13.5. The molecule has 20 heavy (non-hydrogen) atoms. The second-order valence-corrected chi connectivity index (χ2v) is 8.76. The van der Waals surface area contributed by atoms with Gasteiger partial charge < -0.3 is 0 Å². The van der Waals surface area contributed by atoms with Crippen LogP contribution in [0.3, 0.4) is 0 Å². The Morgan fingerprint density at radius 2 is 1.75 bits per heavy atom. The molecular formula is C18H23BrS. The minimum Gasteiger partial charge on any atom is -0.144 e. The van der Waals surface area contributed by atoms with Crippen LogP contribution in [0.25, 0.3) is 0 Å². The zero-order chi connectivity index (χ0) is 14.9. The molecule has 0 radical (unpaired) electrons. The van der Waals surface area contributed by atoms with Crippen molar-refractivity contribution in [3.05, 3.63) is 56.8 Å². The molecule has 0 aliphatic rings. The van der Waals surface area contributed by atoms with Gasteiger partial charge in [-0.15, -0.1) is 11.3 Å². The van der Waals surface area contributed by atoms with Gasteiger partial charge in [0.1, 0.15) is 0 Å². The zero-order valence-electron chi connectivity index (χ0n) is 13.0. The molecule has 1 aromatic heterocycles. The van der Waals surface area contributed by atoms with Crippen LogP contribution in [0, 0.1) is 13.8 Å². The summed E-state index contributed by atoms with van der Waals surface area (Å²) in [6.07, 6.45) is 1.05. The van der Waals surface area contributed by atoms with Crippen molar-refractivity contribution < 1.29 is 0 Å². The molecule has 0 saturated heterocycles. The first kappa shape index (κ1) is 15.8. The Labute approximate surface area is 135 Å². The molecule has 1 aromatic carbocycles. The first-order chi connectivity index (χ1) is 9.27.